The van der Waals surface area contributed by atoms with Crippen LogP contribution in [0.2, 0.25) is 0 Å². The van der Waals surface area contributed by atoms with Crippen LogP contribution in [0.25, 0.3) is 0 Å². The average molecular weight is 302 g/mol. The van der Waals surface area contributed by atoms with Gasteiger partial charge in [0.1, 0.15) is 18.4 Å². The van der Waals surface area contributed by atoms with Gasteiger partial charge in [0.2, 0.25) is 5.71 Å². The summed E-state index contributed by atoms with van der Waals surface area (Å²) in [6.45, 7) is 7.80. The number of nitrogens with two attached hydrogens (primary N) is 1. The van der Waals surface area contributed by atoms with Crippen LogP contribution in [0.15, 0.2) is 29.4 Å². The number of nitriles is 1. The van der Waals surface area contributed by atoms with E-state index in [0.29, 0.717) is 12.3 Å². The highest BCUT2D eigenvalue weighted by Gasteiger charge is 2.02. The molecule has 0 aromatic heterocycles. The largest absolute Gasteiger partial charge is 0.492 e. The second-order valence-electron chi connectivity index (χ2n) is 4.50. The van der Waals surface area contributed by atoms with Gasteiger partial charge in [0, 0.05) is 6.54 Å². The van der Waals surface area contributed by atoms with Crippen molar-refractivity contribution in [2.24, 2.45) is 10.8 Å². The number of likely N-dealkylation sites (N-methyl/N-ethyl adjacent to an activating group) is 1. The van der Waals surface area contributed by atoms with Gasteiger partial charge in [-0.25, -0.2) is 0 Å². The zero-order chi connectivity index (χ0) is 16.4. The van der Waals surface area contributed by atoms with Crippen LogP contribution < -0.4 is 15.9 Å². The average Bonchev–Trinajstić information content (AvgIpc) is 2.53. The van der Waals surface area contributed by atoms with Crippen LogP contribution in [0.1, 0.15) is 13.8 Å². The Morgan fingerprint density at radius 2 is 2.00 bits per heavy atom. The predicted octanol–water partition coefficient (Wildman–Crippen LogP) is 1.63. The highest BCUT2D eigenvalue weighted by Crippen LogP contribution is 2.15. The van der Waals surface area contributed by atoms with Crippen LogP contribution in [0.5, 0.6) is 5.75 Å². The van der Waals surface area contributed by atoms with Gasteiger partial charge < -0.3 is 15.4 Å². The minimum Gasteiger partial charge on any atom is -0.492 e. The zero-order valence-corrected chi connectivity index (χ0v) is 13.0. The summed E-state index contributed by atoms with van der Waals surface area (Å²) in [6.07, 6.45) is 0. The van der Waals surface area contributed by atoms with Crippen LogP contribution in [0.4, 0.5) is 5.69 Å². The standard InChI is InChI=1S/C15H22N6O/c1-3-21(4-2)9-10-22-13-7-5-12(6-8-13)19-20-14(11-16)15(17)18/h5-8,19H,3-4,9-10H2,1-2H3,(H3,17,18)/b20-14+. The smallest absolute Gasteiger partial charge is 0.201 e. The van der Waals surface area contributed by atoms with Crippen molar-refractivity contribution in [3.8, 4) is 11.8 Å². The maximum atomic E-state index is 8.74. The van der Waals surface area contributed by atoms with Gasteiger partial charge in [-0.15, -0.1) is 0 Å². The maximum absolute atomic E-state index is 8.74. The topological polar surface area (TPSA) is 111 Å². The van der Waals surface area contributed by atoms with Gasteiger partial charge in [0.25, 0.3) is 0 Å². The van der Waals surface area contributed by atoms with Gasteiger partial charge >= 0.3 is 0 Å². The fourth-order valence-corrected chi connectivity index (χ4v) is 1.72. The second kappa shape index (κ2) is 9.37. The summed E-state index contributed by atoms with van der Waals surface area (Å²) in [5.74, 6) is 0.403. The van der Waals surface area contributed by atoms with Crippen molar-refractivity contribution in [2.45, 2.75) is 13.8 Å². The molecule has 1 aromatic carbocycles. The summed E-state index contributed by atoms with van der Waals surface area (Å²) < 4.78 is 5.67. The number of ether oxygens (including phenoxy) is 1. The SMILES string of the molecule is CCN(CC)CCOc1ccc(N/N=C(\C#N)C(=N)N)cc1. The molecular formula is C15H22N6O. The molecule has 7 heteroatoms. The Bertz CT molecular complexity index is 542. The van der Waals surface area contributed by atoms with E-state index < -0.39 is 0 Å². The van der Waals surface area contributed by atoms with Crippen LogP contribution in [0.3, 0.4) is 0 Å². The molecule has 0 saturated heterocycles. The number of benzene rings is 1. The van der Waals surface area contributed by atoms with Gasteiger partial charge in [-0.1, -0.05) is 13.8 Å². The first-order chi connectivity index (χ1) is 10.6. The molecule has 0 fully saturated rings. The molecule has 0 amide bonds. The molecular weight excluding hydrogens is 280 g/mol. The molecule has 0 atom stereocenters. The summed E-state index contributed by atoms with van der Waals surface area (Å²) >= 11 is 0. The van der Waals surface area contributed by atoms with E-state index in [9.17, 15) is 0 Å². The lowest BCUT2D eigenvalue weighted by atomic mass is 10.3. The Balaban J connectivity index is 2.50. The Morgan fingerprint density at radius 1 is 1.36 bits per heavy atom. The number of nitrogens with one attached hydrogen (secondary N) is 2. The van der Waals surface area contributed by atoms with Gasteiger partial charge in [0.05, 0.1) is 5.69 Å². The van der Waals surface area contributed by atoms with E-state index >= 15 is 0 Å². The number of hydrogen-bond acceptors (Lipinski definition) is 6. The van der Waals surface area contributed by atoms with Crippen LogP contribution in [-0.4, -0.2) is 42.7 Å². The van der Waals surface area contributed by atoms with Gasteiger partial charge in [-0.2, -0.15) is 10.4 Å². The molecule has 0 bridgehead atoms. The normalized spacial score (nSPS) is 11.1. The molecule has 0 aliphatic rings. The Labute approximate surface area is 130 Å². The molecule has 0 saturated carbocycles. The Kier molecular flexibility index (Phi) is 7.43. The molecule has 0 heterocycles. The lowest BCUT2D eigenvalue weighted by Crippen LogP contribution is -2.27. The molecule has 22 heavy (non-hydrogen) atoms. The third-order valence-corrected chi connectivity index (χ3v) is 3.08. The Hall–Kier alpha value is -2.59. The first-order valence-corrected chi connectivity index (χ1v) is 7.14. The molecule has 7 nitrogen and oxygen atoms in total. The molecule has 0 spiro atoms. The third kappa shape index (κ3) is 5.81. The number of nitrogens with zero attached hydrogens (tertiary/aromatic N) is 3. The van der Waals surface area contributed by atoms with E-state index in [4.69, 9.17) is 21.1 Å². The number of anilines is 1. The predicted molar refractivity (Wildman–Crippen MR) is 88.3 cm³/mol. The van der Waals surface area contributed by atoms with Crippen molar-refractivity contribution in [3.05, 3.63) is 24.3 Å². The Morgan fingerprint density at radius 3 is 2.50 bits per heavy atom. The van der Waals surface area contributed by atoms with Crippen LogP contribution >= 0.6 is 0 Å². The summed E-state index contributed by atoms with van der Waals surface area (Å²) in [7, 11) is 0. The fourth-order valence-electron chi connectivity index (χ4n) is 1.72. The van der Waals surface area contributed by atoms with Gasteiger partial charge in [-0.05, 0) is 37.4 Å². The van der Waals surface area contributed by atoms with E-state index in [1.807, 2.05) is 12.1 Å². The highest BCUT2D eigenvalue weighted by atomic mass is 16.5. The third-order valence-electron chi connectivity index (χ3n) is 3.08. The van der Waals surface area contributed by atoms with Crippen molar-refractivity contribution in [1.29, 1.82) is 10.7 Å². The van der Waals surface area contributed by atoms with Crippen molar-refractivity contribution in [3.63, 3.8) is 0 Å². The quantitative estimate of drug-likeness (QED) is 0.365. The highest BCUT2D eigenvalue weighted by molar-refractivity contribution is 6.45. The van der Waals surface area contributed by atoms with Crippen molar-refractivity contribution < 1.29 is 4.74 Å². The van der Waals surface area contributed by atoms with Crippen LogP contribution in [0, 0.1) is 16.7 Å². The number of hydrazone groups is 1. The maximum Gasteiger partial charge on any atom is 0.201 e. The zero-order valence-electron chi connectivity index (χ0n) is 13.0. The first kappa shape index (κ1) is 17.5. The number of amidine groups is 1. The number of rotatable bonds is 9. The molecule has 0 aliphatic carbocycles. The second-order valence-corrected chi connectivity index (χ2v) is 4.50. The first-order valence-electron chi connectivity index (χ1n) is 7.14. The van der Waals surface area contributed by atoms with Gasteiger partial charge in [0.15, 0.2) is 5.84 Å². The molecule has 0 radical (unpaired) electrons. The fraction of sp³-hybridized carbons (Fsp3) is 0.400. The van der Waals surface area contributed by atoms with E-state index in [1.165, 1.54) is 0 Å². The van der Waals surface area contributed by atoms with Crippen molar-refractivity contribution >= 4 is 17.2 Å². The molecule has 1 rings (SSSR count). The van der Waals surface area contributed by atoms with E-state index in [0.717, 1.165) is 25.4 Å². The minimum absolute atomic E-state index is 0.153. The molecule has 0 unspecified atom stereocenters. The summed E-state index contributed by atoms with van der Waals surface area (Å²) in [5.41, 5.74) is 8.41. The van der Waals surface area contributed by atoms with Crippen LogP contribution in [-0.2, 0) is 0 Å². The molecule has 118 valence electrons. The molecule has 1 aromatic rings. The summed E-state index contributed by atoms with van der Waals surface area (Å²) in [4.78, 5) is 2.29. The lowest BCUT2D eigenvalue weighted by Gasteiger charge is -2.18. The minimum atomic E-state index is -0.369. The van der Waals surface area contributed by atoms with E-state index in [1.54, 1.807) is 18.2 Å². The van der Waals surface area contributed by atoms with E-state index in [2.05, 4.69) is 29.3 Å². The van der Waals surface area contributed by atoms with Crippen molar-refractivity contribution in [1.82, 2.24) is 4.90 Å². The summed E-state index contributed by atoms with van der Waals surface area (Å²) in [6, 6.07) is 8.95. The monoisotopic (exact) mass is 302 g/mol. The molecule has 4 N–H and O–H groups in total. The number of hydrogen-bond donors (Lipinski definition) is 3. The van der Waals surface area contributed by atoms with Gasteiger partial charge in [-0.3, -0.25) is 10.8 Å². The van der Waals surface area contributed by atoms with E-state index in [-0.39, 0.29) is 11.5 Å². The summed E-state index contributed by atoms with van der Waals surface area (Å²) in [5, 5.41) is 19.6. The molecule has 0 aliphatic heterocycles. The lowest BCUT2D eigenvalue weighted by molar-refractivity contribution is 0.223. The van der Waals surface area contributed by atoms with Crippen molar-refractivity contribution in [2.75, 3.05) is 31.7 Å².